The zero-order valence-electron chi connectivity index (χ0n) is 9.94. The van der Waals surface area contributed by atoms with Crippen LogP contribution in [-0.4, -0.2) is 21.5 Å². The van der Waals surface area contributed by atoms with Crippen LogP contribution in [-0.2, 0) is 4.43 Å². The van der Waals surface area contributed by atoms with Gasteiger partial charge in [-0.05, 0) is 12.8 Å². The molecule has 3 heteroatoms. The second-order valence-corrected chi connectivity index (χ2v) is 5.61. The van der Waals surface area contributed by atoms with E-state index < -0.39 is 0 Å². The van der Waals surface area contributed by atoms with Gasteiger partial charge in [0.1, 0.15) is 10.5 Å². The normalized spacial score (nSPS) is 12.2. The third-order valence-corrected chi connectivity index (χ3v) is 4.76. The van der Waals surface area contributed by atoms with Gasteiger partial charge in [0.2, 0.25) is 0 Å². The fourth-order valence-corrected chi connectivity index (χ4v) is 3.45. The zero-order valence-corrected chi connectivity index (χ0v) is 14.1. The maximum atomic E-state index is 5.53. The molecule has 1 nitrogen and oxygen atoms in total. The lowest BCUT2D eigenvalue weighted by atomic mass is 9.81. The number of hydrogen-bond donors (Lipinski definition) is 0. The van der Waals surface area contributed by atoms with Crippen molar-refractivity contribution in [3.8, 4) is 0 Å². The van der Waals surface area contributed by atoms with Crippen LogP contribution in [0.4, 0.5) is 0 Å². The van der Waals surface area contributed by atoms with Gasteiger partial charge in [0.25, 0.3) is 0 Å². The van der Waals surface area contributed by atoms with Crippen molar-refractivity contribution in [3.63, 3.8) is 0 Å². The average Bonchev–Trinajstić information content (AvgIpc) is 2.22. The molecule has 0 aromatic rings. The smallest absolute Gasteiger partial charge is 0.145 e. The predicted octanol–water partition coefficient (Wildman–Crippen LogP) is 3.09. The molecule has 86 valence electrons. The van der Waals surface area contributed by atoms with Crippen LogP contribution in [0.5, 0.6) is 0 Å². The summed E-state index contributed by atoms with van der Waals surface area (Å²) in [6.45, 7) is 5.56. The first-order valence-electron chi connectivity index (χ1n) is 5.79. The number of rotatable bonds is 9. The van der Waals surface area contributed by atoms with Gasteiger partial charge in [-0.15, -0.1) is 0 Å². The molecule has 14 heavy (non-hydrogen) atoms. The molecule has 0 spiro atoms. The molecule has 0 unspecified atom stereocenters. The largest absolute Gasteiger partial charge is 0.427 e. The van der Waals surface area contributed by atoms with E-state index in [1.165, 1.54) is 43.0 Å². The molecule has 0 amide bonds. The van der Waals surface area contributed by atoms with Crippen molar-refractivity contribution in [2.75, 3.05) is 11.0 Å². The molecule has 0 saturated carbocycles. The van der Waals surface area contributed by atoms with Crippen molar-refractivity contribution < 1.29 is 4.43 Å². The van der Waals surface area contributed by atoms with Crippen LogP contribution in [0, 0.1) is 5.41 Å². The fourth-order valence-electron chi connectivity index (χ4n) is 1.85. The van der Waals surface area contributed by atoms with Crippen molar-refractivity contribution in [2.45, 2.75) is 52.4 Å². The van der Waals surface area contributed by atoms with Crippen LogP contribution in [0.15, 0.2) is 0 Å². The number of hydrogen-bond acceptors (Lipinski definition) is 1. The van der Waals surface area contributed by atoms with E-state index in [0.29, 0.717) is 5.41 Å². The summed E-state index contributed by atoms with van der Waals surface area (Å²) < 4.78 is 6.78. The fraction of sp³-hybridized carbons (Fsp3) is 1.00. The molecule has 0 radical (unpaired) electrons. The van der Waals surface area contributed by atoms with E-state index >= 15 is 0 Å². The van der Waals surface area contributed by atoms with Gasteiger partial charge in [0.05, 0.1) is 0 Å². The molecule has 0 aliphatic rings. The number of halogens is 1. The van der Waals surface area contributed by atoms with Crippen LogP contribution in [0.25, 0.3) is 0 Å². The van der Waals surface area contributed by atoms with E-state index in [0.717, 1.165) is 17.1 Å². The van der Waals surface area contributed by atoms with E-state index in [1.807, 2.05) is 0 Å². The molecule has 0 atom stereocenters. The quantitative estimate of drug-likeness (QED) is 0.359. The molecule has 0 bridgehead atoms. The highest BCUT2D eigenvalue weighted by Gasteiger charge is 2.27. The Morgan fingerprint density at radius 2 is 1.64 bits per heavy atom. The highest BCUT2D eigenvalue weighted by Crippen LogP contribution is 2.33. The molecule has 0 aromatic heterocycles. The molecule has 0 aliphatic carbocycles. The van der Waals surface area contributed by atoms with Gasteiger partial charge in [-0.1, -0.05) is 62.1 Å². The molecule has 0 rings (SSSR count). The summed E-state index contributed by atoms with van der Waals surface area (Å²) in [5, 5.41) is 0. The van der Waals surface area contributed by atoms with Gasteiger partial charge in [0.15, 0.2) is 0 Å². The number of alkyl halides is 1. The Hall–Kier alpha value is 0.907. The maximum absolute atomic E-state index is 5.53. The molecule has 0 saturated heterocycles. The van der Waals surface area contributed by atoms with Crippen molar-refractivity contribution in [1.29, 1.82) is 0 Å². The summed E-state index contributed by atoms with van der Waals surface area (Å²) in [5.41, 5.74) is 0.494. The lowest BCUT2D eigenvalue weighted by Crippen LogP contribution is -2.28. The lowest BCUT2D eigenvalue weighted by Gasteiger charge is -2.31. The monoisotopic (exact) mass is 328 g/mol. The van der Waals surface area contributed by atoms with E-state index in [9.17, 15) is 0 Å². The van der Waals surface area contributed by atoms with E-state index in [4.69, 9.17) is 4.43 Å². The minimum absolute atomic E-state index is 0.494. The molecular formula is C11H25IOSi. The predicted molar refractivity (Wildman–Crippen MR) is 76.3 cm³/mol. The van der Waals surface area contributed by atoms with E-state index in [-0.39, 0.29) is 0 Å². The molecule has 0 aliphatic heterocycles. The minimum atomic E-state index is 0.494. The Morgan fingerprint density at radius 3 is 1.93 bits per heavy atom. The van der Waals surface area contributed by atoms with Gasteiger partial charge in [-0.3, -0.25) is 0 Å². The Labute approximate surface area is 106 Å². The van der Waals surface area contributed by atoms with Crippen LogP contribution in [0.3, 0.4) is 0 Å². The average molecular weight is 328 g/mol. The second-order valence-electron chi connectivity index (χ2n) is 4.27. The molecule has 0 heterocycles. The first-order chi connectivity index (χ1) is 6.74. The molecule has 0 aromatic carbocycles. The number of unbranched alkanes of at least 4 members (excludes halogenated alkanes) is 2. The first-order valence-corrected chi connectivity index (χ1v) is 8.13. The molecule has 0 fully saturated rings. The van der Waals surface area contributed by atoms with Gasteiger partial charge in [0, 0.05) is 16.4 Å². The highest BCUT2D eigenvalue weighted by atomic mass is 127. The topological polar surface area (TPSA) is 9.23 Å². The third kappa shape index (κ3) is 5.71. The third-order valence-electron chi connectivity index (χ3n) is 2.86. The van der Waals surface area contributed by atoms with Crippen LogP contribution in [0.1, 0.15) is 52.4 Å². The molecule has 0 N–H and O–H groups in total. The zero-order chi connectivity index (χ0) is 10.9. The summed E-state index contributed by atoms with van der Waals surface area (Å²) in [6.07, 6.45) is 8.05. The SMILES string of the molecule is CCCCC(CI)(CCCC)CO[SiH3]. The van der Waals surface area contributed by atoms with Crippen molar-refractivity contribution >= 4 is 33.1 Å². The first kappa shape index (κ1) is 14.9. The van der Waals surface area contributed by atoms with Crippen LogP contribution in [0.2, 0.25) is 0 Å². The highest BCUT2D eigenvalue weighted by molar-refractivity contribution is 14.1. The summed E-state index contributed by atoms with van der Waals surface area (Å²) >= 11 is 2.54. The van der Waals surface area contributed by atoms with Crippen LogP contribution < -0.4 is 0 Å². The Morgan fingerprint density at radius 1 is 1.14 bits per heavy atom. The van der Waals surface area contributed by atoms with Crippen molar-refractivity contribution in [1.82, 2.24) is 0 Å². The van der Waals surface area contributed by atoms with Crippen LogP contribution >= 0.6 is 22.6 Å². The maximum Gasteiger partial charge on any atom is 0.145 e. The van der Waals surface area contributed by atoms with Gasteiger partial charge in [-0.25, -0.2) is 0 Å². The molecular weight excluding hydrogens is 303 g/mol. The summed E-state index contributed by atoms with van der Waals surface area (Å²) in [4.78, 5) is 0. The Bertz CT molecular complexity index is 122. The second kappa shape index (κ2) is 9.16. The van der Waals surface area contributed by atoms with Crippen molar-refractivity contribution in [3.05, 3.63) is 0 Å². The summed E-state index contributed by atoms with van der Waals surface area (Å²) in [6, 6.07) is 0. The lowest BCUT2D eigenvalue weighted by molar-refractivity contribution is 0.151. The minimum Gasteiger partial charge on any atom is -0.427 e. The van der Waals surface area contributed by atoms with Gasteiger partial charge >= 0.3 is 0 Å². The van der Waals surface area contributed by atoms with Crippen molar-refractivity contribution in [2.24, 2.45) is 5.41 Å². The van der Waals surface area contributed by atoms with E-state index in [2.05, 4.69) is 36.4 Å². The summed E-state index contributed by atoms with van der Waals surface area (Å²) in [5.74, 6) is 0. The van der Waals surface area contributed by atoms with Gasteiger partial charge < -0.3 is 4.43 Å². The standard InChI is InChI=1S/C11H25IOSi/c1-3-5-7-11(9-12,10-13-14)8-6-4-2/h3-10H2,1-2,14H3. The Balaban J connectivity index is 4.11. The van der Waals surface area contributed by atoms with E-state index in [1.54, 1.807) is 0 Å². The summed E-state index contributed by atoms with van der Waals surface area (Å²) in [7, 11) is 0.888. The van der Waals surface area contributed by atoms with Gasteiger partial charge in [-0.2, -0.15) is 0 Å². The Kier molecular flexibility index (Phi) is 9.75.